The van der Waals surface area contributed by atoms with E-state index in [0.717, 1.165) is 22.4 Å². The zero-order chi connectivity index (χ0) is 19.4. The van der Waals surface area contributed by atoms with Gasteiger partial charge in [0.25, 0.3) is 5.91 Å². The van der Waals surface area contributed by atoms with Crippen LogP contribution in [-0.4, -0.2) is 16.8 Å². The van der Waals surface area contributed by atoms with E-state index in [1.165, 1.54) is 6.92 Å². The summed E-state index contributed by atoms with van der Waals surface area (Å²) in [4.78, 5) is 28.3. The fraction of sp³-hybridized carbons (Fsp3) is 0.136. The topological polar surface area (TPSA) is 71.1 Å². The number of aromatic nitrogens is 1. The van der Waals surface area contributed by atoms with E-state index in [4.69, 9.17) is 0 Å². The standard InChI is InChI=1S/C22H21N3O2/c1-14-6-7-15(2)20(13-14)25-22(27)18-10-8-17(9-11-18)21-19(24-16(3)26)5-4-12-23-21/h4-13H,1-3H3,(H,24,26)(H,25,27). The largest absolute Gasteiger partial charge is 0.324 e. The fourth-order valence-electron chi connectivity index (χ4n) is 2.77. The lowest BCUT2D eigenvalue weighted by atomic mass is 10.1. The molecule has 0 saturated heterocycles. The van der Waals surface area contributed by atoms with Gasteiger partial charge in [-0.15, -0.1) is 0 Å². The molecule has 3 aromatic rings. The van der Waals surface area contributed by atoms with Crippen LogP contribution in [0.15, 0.2) is 60.8 Å². The maximum Gasteiger partial charge on any atom is 0.255 e. The molecule has 2 N–H and O–H groups in total. The third kappa shape index (κ3) is 4.39. The number of nitrogens with zero attached hydrogens (tertiary/aromatic N) is 1. The van der Waals surface area contributed by atoms with Gasteiger partial charge in [-0.1, -0.05) is 24.3 Å². The van der Waals surface area contributed by atoms with E-state index < -0.39 is 0 Å². The van der Waals surface area contributed by atoms with Gasteiger partial charge in [0.1, 0.15) is 0 Å². The lowest BCUT2D eigenvalue weighted by Crippen LogP contribution is -2.13. The molecule has 2 amide bonds. The summed E-state index contributed by atoms with van der Waals surface area (Å²) in [5.74, 6) is -0.327. The Morgan fingerprint density at radius 2 is 1.63 bits per heavy atom. The van der Waals surface area contributed by atoms with Crippen molar-refractivity contribution in [1.82, 2.24) is 4.98 Å². The Hall–Kier alpha value is -3.47. The molecule has 136 valence electrons. The predicted molar refractivity (Wildman–Crippen MR) is 108 cm³/mol. The van der Waals surface area contributed by atoms with Gasteiger partial charge in [0, 0.05) is 29.9 Å². The first kappa shape index (κ1) is 18.3. The van der Waals surface area contributed by atoms with Gasteiger partial charge in [-0.05, 0) is 55.3 Å². The van der Waals surface area contributed by atoms with Crippen molar-refractivity contribution >= 4 is 23.2 Å². The minimum absolute atomic E-state index is 0.159. The summed E-state index contributed by atoms with van der Waals surface area (Å²) < 4.78 is 0. The number of hydrogen-bond donors (Lipinski definition) is 2. The van der Waals surface area contributed by atoms with Crippen LogP contribution in [0.5, 0.6) is 0 Å². The predicted octanol–water partition coefficient (Wildman–Crippen LogP) is 4.58. The lowest BCUT2D eigenvalue weighted by Gasteiger charge is -2.11. The first-order chi connectivity index (χ1) is 12.9. The molecule has 5 nitrogen and oxygen atoms in total. The number of aryl methyl sites for hydroxylation is 2. The molecule has 0 bridgehead atoms. The molecule has 0 saturated carbocycles. The molecular formula is C22H21N3O2. The quantitative estimate of drug-likeness (QED) is 0.716. The molecule has 3 rings (SSSR count). The Morgan fingerprint density at radius 3 is 2.33 bits per heavy atom. The second kappa shape index (κ2) is 7.83. The zero-order valence-corrected chi connectivity index (χ0v) is 15.5. The SMILES string of the molecule is CC(=O)Nc1cccnc1-c1ccc(C(=O)Nc2cc(C)ccc2C)cc1. The van der Waals surface area contributed by atoms with Gasteiger partial charge in [0.15, 0.2) is 0 Å². The lowest BCUT2D eigenvalue weighted by molar-refractivity contribution is -0.114. The second-order valence-electron chi connectivity index (χ2n) is 6.43. The minimum Gasteiger partial charge on any atom is -0.324 e. The molecule has 0 aliphatic carbocycles. The summed E-state index contributed by atoms with van der Waals surface area (Å²) in [5, 5.41) is 5.73. The number of nitrogens with one attached hydrogen (secondary N) is 2. The molecule has 2 aromatic carbocycles. The fourth-order valence-corrected chi connectivity index (χ4v) is 2.77. The van der Waals surface area contributed by atoms with E-state index in [2.05, 4.69) is 15.6 Å². The van der Waals surface area contributed by atoms with Gasteiger partial charge in [-0.25, -0.2) is 0 Å². The van der Waals surface area contributed by atoms with Crippen LogP contribution in [0.25, 0.3) is 11.3 Å². The number of rotatable bonds is 4. The van der Waals surface area contributed by atoms with E-state index in [1.807, 2.05) is 44.2 Å². The molecule has 0 fully saturated rings. The van der Waals surface area contributed by atoms with Crippen LogP contribution in [0.4, 0.5) is 11.4 Å². The van der Waals surface area contributed by atoms with Gasteiger partial charge in [0.05, 0.1) is 11.4 Å². The molecule has 0 aliphatic rings. The summed E-state index contributed by atoms with van der Waals surface area (Å²) >= 11 is 0. The number of hydrogen-bond acceptors (Lipinski definition) is 3. The molecule has 5 heteroatoms. The number of carbonyl (C=O) groups is 2. The van der Waals surface area contributed by atoms with E-state index in [9.17, 15) is 9.59 Å². The van der Waals surface area contributed by atoms with Crippen LogP contribution in [0.2, 0.25) is 0 Å². The van der Waals surface area contributed by atoms with Crippen molar-refractivity contribution in [3.05, 3.63) is 77.5 Å². The highest BCUT2D eigenvalue weighted by Gasteiger charge is 2.11. The monoisotopic (exact) mass is 359 g/mol. The Labute approximate surface area is 158 Å². The first-order valence-electron chi connectivity index (χ1n) is 8.65. The normalized spacial score (nSPS) is 10.3. The molecule has 0 radical (unpaired) electrons. The van der Waals surface area contributed by atoms with Crippen LogP contribution in [0.3, 0.4) is 0 Å². The van der Waals surface area contributed by atoms with Gasteiger partial charge in [0.2, 0.25) is 5.91 Å². The Kier molecular flexibility index (Phi) is 5.31. The Morgan fingerprint density at radius 1 is 0.889 bits per heavy atom. The number of benzene rings is 2. The Balaban J connectivity index is 1.82. The van der Waals surface area contributed by atoms with Crippen LogP contribution < -0.4 is 10.6 Å². The highest BCUT2D eigenvalue weighted by Crippen LogP contribution is 2.26. The molecular weight excluding hydrogens is 338 g/mol. The molecule has 0 atom stereocenters. The molecule has 1 aromatic heterocycles. The average molecular weight is 359 g/mol. The summed E-state index contributed by atoms with van der Waals surface area (Å²) in [6.45, 7) is 5.41. The first-order valence-corrected chi connectivity index (χ1v) is 8.65. The highest BCUT2D eigenvalue weighted by molar-refractivity contribution is 6.05. The van der Waals surface area contributed by atoms with Gasteiger partial charge < -0.3 is 10.6 Å². The number of amides is 2. The maximum atomic E-state index is 12.6. The van der Waals surface area contributed by atoms with Crippen molar-refractivity contribution in [2.75, 3.05) is 10.6 Å². The van der Waals surface area contributed by atoms with Crippen molar-refractivity contribution in [2.45, 2.75) is 20.8 Å². The van der Waals surface area contributed by atoms with E-state index in [-0.39, 0.29) is 11.8 Å². The minimum atomic E-state index is -0.168. The highest BCUT2D eigenvalue weighted by atomic mass is 16.2. The second-order valence-corrected chi connectivity index (χ2v) is 6.43. The molecule has 1 heterocycles. The molecule has 0 spiro atoms. The van der Waals surface area contributed by atoms with Gasteiger partial charge in [-0.3, -0.25) is 14.6 Å². The summed E-state index contributed by atoms with van der Waals surface area (Å²) in [6, 6.07) is 16.7. The number of anilines is 2. The van der Waals surface area contributed by atoms with Crippen molar-refractivity contribution < 1.29 is 9.59 Å². The van der Waals surface area contributed by atoms with Gasteiger partial charge in [-0.2, -0.15) is 0 Å². The third-order valence-electron chi connectivity index (χ3n) is 4.18. The van der Waals surface area contributed by atoms with Crippen LogP contribution in [0, 0.1) is 13.8 Å². The zero-order valence-electron chi connectivity index (χ0n) is 15.5. The summed E-state index contributed by atoms with van der Waals surface area (Å²) in [6.07, 6.45) is 1.67. The summed E-state index contributed by atoms with van der Waals surface area (Å²) in [5.41, 5.74) is 5.58. The van der Waals surface area contributed by atoms with Crippen LogP contribution in [0.1, 0.15) is 28.4 Å². The molecule has 0 aliphatic heterocycles. The average Bonchev–Trinajstić information content (AvgIpc) is 2.65. The van der Waals surface area contributed by atoms with E-state index in [1.54, 1.807) is 30.5 Å². The number of carbonyl (C=O) groups excluding carboxylic acids is 2. The summed E-state index contributed by atoms with van der Waals surface area (Å²) in [7, 11) is 0. The van der Waals surface area contributed by atoms with Crippen molar-refractivity contribution in [1.29, 1.82) is 0 Å². The smallest absolute Gasteiger partial charge is 0.255 e. The number of pyridine rings is 1. The van der Waals surface area contributed by atoms with E-state index in [0.29, 0.717) is 16.9 Å². The Bertz CT molecular complexity index is 995. The van der Waals surface area contributed by atoms with Gasteiger partial charge >= 0.3 is 0 Å². The van der Waals surface area contributed by atoms with Crippen molar-refractivity contribution in [3.63, 3.8) is 0 Å². The van der Waals surface area contributed by atoms with E-state index >= 15 is 0 Å². The van der Waals surface area contributed by atoms with Crippen molar-refractivity contribution in [3.8, 4) is 11.3 Å². The van der Waals surface area contributed by atoms with Crippen LogP contribution in [-0.2, 0) is 4.79 Å². The van der Waals surface area contributed by atoms with Crippen molar-refractivity contribution in [2.24, 2.45) is 0 Å². The maximum absolute atomic E-state index is 12.6. The third-order valence-corrected chi connectivity index (χ3v) is 4.18. The molecule has 0 unspecified atom stereocenters. The van der Waals surface area contributed by atoms with Crippen LogP contribution >= 0.6 is 0 Å². The molecule has 27 heavy (non-hydrogen) atoms.